The lowest BCUT2D eigenvalue weighted by molar-refractivity contribution is -0.116. The summed E-state index contributed by atoms with van der Waals surface area (Å²) in [5, 5.41) is 9.66. The number of thioether (sulfide) groups is 1. The minimum atomic E-state index is -3.79. The number of hydrogen-bond donors (Lipinski definition) is 0. The number of hydrogen-bond acceptors (Lipinski definition) is 9. The van der Waals surface area contributed by atoms with E-state index in [1.807, 2.05) is 73.1 Å². The fourth-order valence-electron chi connectivity index (χ4n) is 6.33. The fourth-order valence-corrected chi connectivity index (χ4v) is 8.85. The van der Waals surface area contributed by atoms with Gasteiger partial charge >= 0.3 is 0 Å². The molecule has 0 bridgehead atoms. The van der Waals surface area contributed by atoms with Crippen molar-refractivity contribution in [2.24, 2.45) is 5.41 Å². The van der Waals surface area contributed by atoms with Crippen LogP contribution in [0.4, 0.5) is 0 Å². The Hall–Kier alpha value is -5.83. The molecule has 0 saturated heterocycles. The van der Waals surface area contributed by atoms with Crippen molar-refractivity contribution in [3.05, 3.63) is 157 Å². The molecule has 11 heteroatoms. The summed E-state index contributed by atoms with van der Waals surface area (Å²) in [4.78, 5) is 17.2. The molecule has 1 aromatic heterocycles. The summed E-state index contributed by atoms with van der Waals surface area (Å²) in [5.74, 6) is 4.04. The standard InChI is InChI=1S/C46H45N3O6S2/c1-45(2,31-47)44(49-27-26-48-32-49)30-56-29-36(50)28-33-6-12-38(13-7-33)54-40-18-22-42(23-19-40)57(51,52)43-24-20-41(21-25-43)55-39-16-10-35(11-17-39)46(3,4)34-8-14-37(53-5)15-9-34/h6-27,32,44H,28-30H2,1-5H3. The van der Waals surface area contributed by atoms with Gasteiger partial charge in [-0.05, 0) is 115 Å². The summed E-state index contributed by atoms with van der Waals surface area (Å²) >= 11 is 1.51. The Kier molecular flexibility index (Phi) is 12.6. The topological polar surface area (TPSA) is 121 Å². The zero-order valence-electron chi connectivity index (χ0n) is 32.6. The molecule has 0 spiro atoms. The molecule has 0 aliphatic rings. The maximum atomic E-state index is 13.5. The molecular formula is C46H45N3O6S2. The van der Waals surface area contributed by atoms with E-state index in [0.717, 1.165) is 22.4 Å². The van der Waals surface area contributed by atoms with Gasteiger partial charge in [-0.1, -0.05) is 50.2 Å². The molecule has 0 saturated carbocycles. The number of nitriles is 1. The summed E-state index contributed by atoms with van der Waals surface area (Å²) in [5.41, 5.74) is 2.30. The molecule has 1 unspecified atom stereocenters. The Balaban J connectivity index is 0.995. The molecule has 1 atom stereocenters. The molecule has 292 valence electrons. The Morgan fingerprint density at radius 2 is 1.19 bits per heavy atom. The van der Waals surface area contributed by atoms with Crippen molar-refractivity contribution in [2.45, 2.75) is 55.4 Å². The van der Waals surface area contributed by atoms with Crippen LogP contribution in [0.25, 0.3) is 0 Å². The van der Waals surface area contributed by atoms with Gasteiger partial charge in [0.1, 0.15) is 34.5 Å². The van der Waals surface area contributed by atoms with Crippen LogP contribution in [0.5, 0.6) is 28.7 Å². The minimum absolute atomic E-state index is 0.0859. The second kappa shape index (κ2) is 17.5. The monoisotopic (exact) mass is 799 g/mol. The summed E-state index contributed by atoms with van der Waals surface area (Å²) in [6, 6.07) is 38.1. The Morgan fingerprint density at radius 1 is 0.737 bits per heavy atom. The molecule has 0 N–H and O–H groups in total. The third-order valence-electron chi connectivity index (χ3n) is 10.00. The lowest BCUT2D eigenvalue weighted by Gasteiger charge is -2.28. The van der Waals surface area contributed by atoms with E-state index in [4.69, 9.17) is 14.2 Å². The van der Waals surface area contributed by atoms with E-state index in [2.05, 4.69) is 37.0 Å². The number of sulfone groups is 1. The van der Waals surface area contributed by atoms with Crippen LogP contribution in [0.1, 0.15) is 50.4 Å². The van der Waals surface area contributed by atoms with Gasteiger partial charge in [0.15, 0.2) is 0 Å². The number of Topliss-reactive ketones (excluding diaryl/α,β-unsaturated/α-hetero) is 1. The Bertz CT molecular complexity index is 2400. The number of nitrogens with zero attached hydrogens (tertiary/aromatic N) is 3. The second-order valence-electron chi connectivity index (χ2n) is 14.8. The van der Waals surface area contributed by atoms with Crippen molar-refractivity contribution >= 4 is 27.4 Å². The highest BCUT2D eigenvalue weighted by molar-refractivity contribution is 7.99. The molecule has 57 heavy (non-hydrogen) atoms. The fraction of sp³-hybridized carbons (Fsp3) is 0.239. The van der Waals surface area contributed by atoms with E-state index in [0.29, 0.717) is 34.5 Å². The van der Waals surface area contributed by atoms with Gasteiger partial charge in [0, 0.05) is 30.0 Å². The lowest BCUT2D eigenvalue weighted by atomic mass is 9.78. The number of rotatable bonds is 17. The molecule has 0 fully saturated rings. The van der Waals surface area contributed by atoms with Crippen molar-refractivity contribution in [3.63, 3.8) is 0 Å². The van der Waals surface area contributed by atoms with Crippen LogP contribution in [0.15, 0.2) is 150 Å². The van der Waals surface area contributed by atoms with Crippen LogP contribution in [0, 0.1) is 16.7 Å². The SMILES string of the molecule is COc1ccc(C(C)(C)c2ccc(Oc3ccc(S(=O)(=O)c4ccc(Oc5ccc(CC(=O)CSCC(n6ccnc6)C(C)(C)C#N)cc5)cc4)cc3)cc2)cc1. The number of aromatic nitrogens is 2. The highest BCUT2D eigenvalue weighted by atomic mass is 32.2. The van der Waals surface area contributed by atoms with Crippen molar-refractivity contribution < 1.29 is 27.4 Å². The molecular weight excluding hydrogens is 755 g/mol. The quantitative estimate of drug-likeness (QED) is 0.0888. The number of ether oxygens (including phenoxy) is 3. The maximum Gasteiger partial charge on any atom is 0.206 e. The number of methoxy groups -OCH3 is 1. The van der Waals surface area contributed by atoms with Gasteiger partial charge in [0.2, 0.25) is 9.84 Å². The zero-order valence-corrected chi connectivity index (χ0v) is 34.2. The van der Waals surface area contributed by atoms with Crippen molar-refractivity contribution in [1.29, 1.82) is 5.26 Å². The van der Waals surface area contributed by atoms with E-state index >= 15 is 0 Å². The number of ketones is 1. The van der Waals surface area contributed by atoms with Crippen LogP contribution >= 0.6 is 11.8 Å². The molecule has 6 aromatic rings. The van der Waals surface area contributed by atoms with Crippen molar-refractivity contribution in [3.8, 4) is 34.8 Å². The highest BCUT2D eigenvalue weighted by Gasteiger charge is 2.31. The largest absolute Gasteiger partial charge is 0.497 e. The van der Waals surface area contributed by atoms with Gasteiger partial charge in [0.05, 0.1) is 46.5 Å². The van der Waals surface area contributed by atoms with Gasteiger partial charge in [-0.2, -0.15) is 17.0 Å². The first-order chi connectivity index (χ1) is 27.3. The number of carbonyl (C=O) groups is 1. The molecule has 0 aliphatic carbocycles. The predicted molar refractivity (Wildman–Crippen MR) is 223 cm³/mol. The van der Waals surface area contributed by atoms with E-state index in [1.54, 1.807) is 56.0 Å². The van der Waals surface area contributed by atoms with E-state index in [-0.39, 0.29) is 33.5 Å². The lowest BCUT2D eigenvalue weighted by Crippen LogP contribution is -2.27. The third kappa shape index (κ3) is 9.95. The Morgan fingerprint density at radius 3 is 1.63 bits per heavy atom. The summed E-state index contributed by atoms with van der Waals surface area (Å²) < 4.78 is 46.2. The van der Waals surface area contributed by atoms with Crippen LogP contribution in [-0.4, -0.2) is 42.4 Å². The van der Waals surface area contributed by atoms with Gasteiger partial charge in [0.25, 0.3) is 0 Å². The average molecular weight is 800 g/mol. The first kappa shape index (κ1) is 40.8. The molecule has 0 radical (unpaired) electrons. The normalized spacial score (nSPS) is 12.4. The van der Waals surface area contributed by atoms with Gasteiger partial charge in [-0.3, -0.25) is 4.79 Å². The third-order valence-corrected chi connectivity index (χ3v) is 12.9. The van der Waals surface area contributed by atoms with E-state index < -0.39 is 15.3 Å². The molecule has 6 rings (SSSR count). The first-order valence-corrected chi connectivity index (χ1v) is 21.1. The van der Waals surface area contributed by atoms with Crippen LogP contribution in [0.3, 0.4) is 0 Å². The molecule has 5 aromatic carbocycles. The average Bonchev–Trinajstić information content (AvgIpc) is 3.75. The van der Waals surface area contributed by atoms with Gasteiger partial charge in [-0.25, -0.2) is 13.4 Å². The Labute approximate surface area is 339 Å². The smallest absolute Gasteiger partial charge is 0.206 e. The number of imidazole rings is 1. The molecule has 0 amide bonds. The molecule has 9 nitrogen and oxygen atoms in total. The van der Waals surface area contributed by atoms with E-state index in [9.17, 15) is 18.5 Å². The number of carbonyl (C=O) groups excluding carboxylic acids is 1. The van der Waals surface area contributed by atoms with Gasteiger partial charge in [-0.15, -0.1) is 0 Å². The molecule has 1 heterocycles. The van der Waals surface area contributed by atoms with E-state index in [1.165, 1.54) is 36.0 Å². The van der Waals surface area contributed by atoms with Crippen LogP contribution in [0.2, 0.25) is 0 Å². The van der Waals surface area contributed by atoms with Gasteiger partial charge < -0.3 is 18.8 Å². The maximum absolute atomic E-state index is 13.5. The van der Waals surface area contributed by atoms with Crippen molar-refractivity contribution in [2.75, 3.05) is 18.6 Å². The zero-order chi connectivity index (χ0) is 40.6. The summed E-state index contributed by atoms with van der Waals surface area (Å²) in [6.07, 6.45) is 5.52. The second-order valence-corrected chi connectivity index (χ2v) is 17.7. The minimum Gasteiger partial charge on any atom is -0.497 e. The number of benzene rings is 5. The van der Waals surface area contributed by atoms with Crippen molar-refractivity contribution in [1.82, 2.24) is 9.55 Å². The predicted octanol–water partition coefficient (Wildman–Crippen LogP) is 10.3. The highest BCUT2D eigenvalue weighted by Crippen LogP contribution is 2.36. The van der Waals surface area contributed by atoms with Crippen LogP contribution in [-0.2, 0) is 26.5 Å². The summed E-state index contributed by atoms with van der Waals surface area (Å²) in [7, 11) is -2.14. The van der Waals surface area contributed by atoms with Crippen LogP contribution < -0.4 is 14.2 Å². The first-order valence-electron chi connectivity index (χ1n) is 18.4. The molecule has 0 aliphatic heterocycles. The summed E-state index contributed by atoms with van der Waals surface area (Å²) in [6.45, 7) is 8.12.